The van der Waals surface area contributed by atoms with E-state index in [2.05, 4.69) is 0 Å². The van der Waals surface area contributed by atoms with E-state index in [0.29, 0.717) is 26.2 Å². The second kappa shape index (κ2) is 3.77. The van der Waals surface area contributed by atoms with Crippen molar-refractivity contribution in [3.63, 3.8) is 0 Å². The van der Waals surface area contributed by atoms with Gasteiger partial charge in [-0.1, -0.05) is 0 Å². The standard InChI is InChI=1S/C8H15NO4S/c10-7-2-1-3-9(4-7)14(11,12)8-5-13-6-8/h7-8,10H,1-6H2/t7-/m0/s1. The number of β-amino-alcohol motifs (C(OH)–C–C–N with tert-alkyl or cyclic N) is 1. The molecule has 0 unspecified atom stereocenters. The zero-order valence-electron chi connectivity index (χ0n) is 7.92. The molecule has 2 heterocycles. The van der Waals surface area contributed by atoms with Gasteiger partial charge in [-0.15, -0.1) is 0 Å². The molecule has 2 rings (SSSR count). The van der Waals surface area contributed by atoms with Crippen LogP contribution in [-0.2, 0) is 14.8 Å². The van der Waals surface area contributed by atoms with Crippen LogP contribution in [0.15, 0.2) is 0 Å². The Kier molecular flexibility index (Phi) is 2.79. The average molecular weight is 221 g/mol. The highest BCUT2D eigenvalue weighted by Gasteiger charge is 2.38. The molecule has 1 atom stereocenters. The molecule has 2 aliphatic rings. The van der Waals surface area contributed by atoms with E-state index in [-0.39, 0.29) is 11.8 Å². The van der Waals surface area contributed by atoms with Crippen molar-refractivity contribution in [3.05, 3.63) is 0 Å². The van der Waals surface area contributed by atoms with Crippen molar-refractivity contribution < 1.29 is 18.3 Å². The van der Waals surface area contributed by atoms with Gasteiger partial charge in [0.1, 0.15) is 5.25 Å². The van der Waals surface area contributed by atoms with Gasteiger partial charge in [0.05, 0.1) is 19.3 Å². The predicted molar refractivity (Wildman–Crippen MR) is 50.3 cm³/mol. The molecule has 0 aliphatic carbocycles. The van der Waals surface area contributed by atoms with Crippen LogP contribution >= 0.6 is 0 Å². The summed E-state index contributed by atoms with van der Waals surface area (Å²) in [5.41, 5.74) is 0. The third kappa shape index (κ3) is 1.79. The van der Waals surface area contributed by atoms with Gasteiger partial charge in [-0.25, -0.2) is 8.42 Å². The third-order valence-corrected chi connectivity index (χ3v) is 4.91. The summed E-state index contributed by atoms with van der Waals surface area (Å²) in [5.74, 6) is 0. The second-order valence-corrected chi connectivity index (χ2v) is 6.07. The molecule has 82 valence electrons. The summed E-state index contributed by atoms with van der Waals surface area (Å²) in [5, 5.41) is 9.00. The Hall–Kier alpha value is -0.170. The number of rotatable bonds is 2. The molecular formula is C8H15NO4S. The number of ether oxygens (including phenoxy) is 1. The Morgan fingerprint density at radius 1 is 1.36 bits per heavy atom. The van der Waals surface area contributed by atoms with Crippen molar-refractivity contribution >= 4 is 10.0 Å². The molecule has 2 fully saturated rings. The number of nitrogens with zero attached hydrogens (tertiary/aromatic N) is 1. The van der Waals surface area contributed by atoms with E-state index in [1.165, 1.54) is 4.31 Å². The Morgan fingerprint density at radius 3 is 2.57 bits per heavy atom. The summed E-state index contributed by atoms with van der Waals surface area (Å²) in [7, 11) is -3.21. The van der Waals surface area contributed by atoms with E-state index >= 15 is 0 Å². The van der Waals surface area contributed by atoms with Gasteiger partial charge in [0.2, 0.25) is 10.0 Å². The molecular weight excluding hydrogens is 206 g/mol. The second-order valence-electron chi connectivity index (χ2n) is 3.86. The molecule has 5 nitrogen and oxygen atoms in total. The molecule has 0 aromatic heterocycles. The molecule has 0 aromatic rings. The van der Waals surface area contributed by atoms with E-state index in [4.69, 9.17) is 4.74 Å². The summed E-state index contributed by atoms with van der Waals surface area (Å²) in [4.78, 5) is 0. The first kappa shape index (κ1) is 10.4. The SMILES string of the molecule is O=S(=O)(C1COC1)N1CCC[C@H](O)C1. The first-order valence-corrected chi connectivity index (χ1v) is 6.36. The third-order valence-electron chi connectivity index (χ3n) is 2.75. The Bertz CT molecular complexity index is 298. The van der Waals surface area contributed by atoms with Gasteiger partial charge >= 0.3 is 0 Å². The van der Waals surface area contributed by atoms with Crippen LogP contribution in [0, 0.1) is 0 Å². The van der Waals surface area contributed by atoms with Crippen LogP contribution < -0.4 is 0 Å². The molecule has 0 spiro atoms. The van der Waals surface area contributed by atoms with Crippen LogP contribution in [0.2, 0.25) is 0 Å². The number of aliphatic hydroxyl groups excluding tert-OH is 1. The quantitative estimate of drug-likeness (QED) is 0.661. The van der Waals surface area contributed by atoms with Crippen LogP contribution in [-0.4, -0.2) is 55.5 Å². The summed E-state index contributed by atoms with van der Waals surface area (Å²) < 4.78 is 30.0. The highest BCUT2D eigenvalue weighted by molar-refractivity contribution is 7.89. The normalized spacial score (nSPS) is 31.4. The zero-order valence-corrected chi connectivity index (χ0v) is 8.74. The maximum absolute atomic E-state index is 11.8. The maximum Gasteiger partial charge on any atom is 0.221 e. The summed E-state index contributed by atoms with van der Waals surface area (Å²) in [6, 6.07) is 0. The summed E-state index contributed by atoms with van der Waals surface area (Å²) in [6.45, 7) is 1.39. The zero-order chi connectivity index (χ0) is 10.2. The topological polar surface area (TPSA) is 66.8 Å². The first-order chi connectivity index (χ1) is 6.60. The number of piperidine rings is 1. The van der Waals surface area contributed by atoms with Gasteiger partial charge in [-0.3, -0.25) is 0 Å². The smallest absolute Gasteiger partial charge is 0.221 e. The number of hydrogen-bond acceptors (Lipinski definition) is 4. The lowest BCUT2D eigenvalue weighted by atomic mass is 10.1. The lowest BCUT2D eigenvalue weighted by Crippen LogP contribution is -2.52. The lowest BCUT2D eigenvalue weighted by Gasteiger charge is -2.35. The van der Waals surface area contributed by atoms with Gasteiger partial charge in [-0.2, -0.15) is 4.31 Å². The van der Waals surface area contributed by atoms with Gasteiger partial charge in [-0.05, 0) is 12.8 Å². The fourth-order valence-electron chi connectivity index (χ4n) is 1.75. The molecule has 6 heteroatoms. The van der Waals surface area contributed by atoms with Crippen molar-refractivity contribution in [2.75, 3.05) is 26.3 Å². The molecule has 14 heavy (non-hydrogen) atoms. The van der Waals surface area contributed by atoms with Crippen LogP contribution in [0.25, 0.3) is 0 Å². The number of hydrogen-bond donors (Lipinski definition) is 1. The minimum absolute atomic E-state index is 0.249. The van der Waals surface area contributed by atoms with E-state index in [9.17, 15) is 13.5 Å². The van der Waals surface area contributed by atoms with Gasteiger partial charge in [0, 0.05) is 13.1 Å². The van der Waals surface area contributed by atoms with Crippen LogP contribution in [0.1, 0.15) is 12.8 Å². The highest BCUT2D eigenvalue weighted by Crippen LogP contribution is 2.21. The predicted octanol–water partition coefficient (Wildman–Crippen LogP) is -0.828. The summed E-state index contributed by atoms with van der Waals surface area (Å²) in [6.07, 6.45) is 0.945. The van der Waals surface area contributed by atoms with Crippen molar-refractivity contribution in [2.45, 2.75) is 24.2 Å². The Morgan fingerprint density at radius 2 is 2.07 bits per heavy atom. The van der Waals surface area contributed by atoms with E-state index < -0.39 is 16.1 Å². The van der Waals surface area contributed by atoms with Crippen LogP contribution in [0.3, 0.4) is 0 Å². The Balaban J connectivity index is 2.05. The monoisotopic (exact) mass is 221 g/mol. The largest absolute Gasteiger partial charge is 0.392 e. The maximum atomic E-state index is 11.8. The average Bonchev–Trinajstić information content (AvgIpc) is 2.00. The molecule has 2 saturated heterocycles. The van der Waals surface area contributed by atoms with Gasteiger partial charge < -0.3 is 9.84 Å². The minimum Gasteiger partial charge on any atom is -0.392 e. The number of sulfonamides is 1. The van der Waals surface area contributed by atoms with Crippen molar-refractivity contribution in [1.82, 2.24) is 4.31 Å². The lowest BCUT2D eigenvalue weighted by molar-refractivity contribution is 0.0366. The van der Waals surface area contributed by atoms with E-state index in [0.717, 1.165) is 6.42 Å². The molecule has 1 N–H and O–H groups in total. The highest BCUT2D eigenvalue weighted by atomic mass is 32.2. The van der Waals surface area contributed by atoms with E-state index in [1.807, 2.05) is 0 Å². The summed E-state index contributed by atoms with van der Waals surface area (Å²) >= 11 is 0. The molecule has 0 radical (unpaired) electrons. The molecule has 0 bridgehead atoms. The minimum atomic E-state index is -3.21. The molecule has 2 aliphatic heterocycles. The van der Waals surface area contributed by atoms with Crippen molar-refractivity contribution in [2.24, 2.45) is 0 Å². The number of aliphatic hydroxyl groups is 1. The Labute approximate surface area is 83.7 Å². The van der Waals surface area contributed by atoms with Gasteiger partial charge in [0.25, 0.3) is 0 Å². The van der Waals surface area contributed by atoms with E-state index in [1.54, 1.807) is 0 Å². The van der Waals surface area contributed by atoms with Gasteiger partial charge in [0.15, 0.2) is 0 Å². The van der Waals surface area contributed by atoms with Crippen LogP contribution in [0.4, 0.5) is 0 Å². The molecule has 0 amide bonds. The van der Waals surface area contributed by atoms with Crippen molar-refractivity contribution in [1.29, 1.82) is 0 Å². The molecule has 0 aromatic carbocycles. The van der Waals surface area contributed by atoms with Crippen molar-refractivity contribution in [3.8, 4) is 0 Å². The fraction of sp³-hybridized carbons (Fsp3) is 1.00. The van der Waals surface area contributed by atoms with Crippen LogP contribution in [0.5, 0.6) is 0 Å². The first-order valence-electron chi connectivity index (χ1n) is 4.85. The molecule has 0 saturated carbocycles. The fourth-order valence-corrected chi connectivity index (χ4v) is 3.47.